The molecule has 0 saturated carbocycles. The van der Waals surface area contributed by atoms with Crippen molar-refractivity contribution in [1.29, 1.82) is 0 Å². The van der Waals surface area contributed by atoms with Gasteiger partial charge in [0.15, 0.2) is 6.29 Å². The summed E-state index contributed by atoms with van der Waals surface area (Å²) in [5.74, 6) is 0. The quantitative estimate of drug-likeness (QED) is 0.608. The lowest BCUT2D eigenvalue weighted by molar-refractivity contribution is 0.112. The first kappa shape index (κ1) is 10.7. The predicted molar refractivity (Wildman–Crippen MR) is 64.6 cm³/mol. The van der Waals surface area contributed by atoms with E-state index in [0.29, 0.717) is 17.3 Å². The molecule has 1 atom stereocenters. The lowest BCUT2D eigenvalue weighted by atomic mass is 10.2. The van der Waals surface area contributed by atoms with E-state index in [1.807, 2.05) is 16.8 Å². The molecule has 1 aliphatic rings. The third kappa shape index (κ3) is 1.73. The van der Waals surface area contributed by atoms with Gasteiger partial charge in [-0.1, -0.05) is 11.6 Å². The molecule has 3 rings (SSSR count). The van der Waals surface area contributed by atoms with Gasteiger partial charge in [-0.05, 0) is 18.6 Å². The summed E-state index contributed by atoms with van der Waals surface area (Å²) in [5, 5.41) is 1.19. The molecule has 0 aromatic carbocycles. The monoisotopic (exact) mass is 250 g/mol. The van der Waals surface area contributed by atoms with Gasteiger partial charge in [0.1, 0.15) is 10.8 Å². The number of fused-ring (bicyclic) bond motifs is 1. The fraction of sp³-hybridized carbons (Fsp3) is 0.333. The molecule has 0 N–H and O–H groups in total. The fourth-order valence-electron chi connectivity index (χ4n) is 2.26. The van der Waals surface area contributed by atoms with E-state index in [1.165, 1.54) is 0 Å². The number of carbonyl (C=O) groups is 1. The van der Waals surface area contributed by atoms with E-state index in [0.717, 1.165) is 30.3 Å². The Morgan fingerprint density at radius 2 is 2.47 bits per heavy atom. The highest BCUT2D eigenvalue weighted by Gasteiger charge is 2.20. The van der Waals surface area contributed by atoms with Crippen LogP contribution in [0.25, 0.3) is 11.0 Å². The van der Waals surface area contributed by atoms with Crippen LogP contribution in [0.15, 0.2) is 18.3 Å². The SMILES string of the molecule is O=Cc1cc(Cl)nc2c1ccn2C1CCOC1. The maximum Gasteiger partial charge on any atom is 0.150 e. The molecule has 2 aromatic rings. The first-order valence-electron chi connectivity index (χ1n) is 5.49. The van der Waals surface area contributed by atoms with Gasteiger partial charge >= 0.3 is 0 Å². The molecular formula is C12H11ClN2O2. The molecule has 1 unspecified atom stereocenters. The second-order valence-corrected chi connectivity index (χ2v) is 4.52. The van der Waals surface area contributed by atoms with E-state index in [-0.39, 0.29) is 6.04 Å². The van der Waals surface area contributed by atoms with Crippen molar-refractivity contribution in [3.63, 3.8) is 0 Å². The second-order valence-electron chi connectivity index (χ2n) is 4.13. The minimum atomic E-state index is 0.290. The second kappa shape index (κ2) is 4.13. The number of ether oxygens (including phenoxy) is 1. The molecule has 3 heterocycles. The van der Waals surface area contributed by atoms with Crippen LogP contribution in [0.4, 0.5) is 0 Å². The van der Waals surface area contributed by atoms with Gasteiger partial charge in [-0.25, -0.2) is 4.98 Å². The van der Waals surface area contributed by atoms with Crippen molar-refractivity contribution in [3.8, 4) is 0 Å². The van der Waals surface area contributed by atoms with Crippen molar-refractivity contribution in [3.05, 3.63) is 29.0 Å². The Balaban J connectivity index is 2.20. The van der Waals surface area contributed by atoms with Gasteiger partial charge < -0.3 is 9.30 Å². The van der Waals surface area contributed by atoms with E-state index >= 15 is 0 Å². The van der Waals surface area contributed by atoms with Gasteiger partial charge in [0.25, 0.3) is 0 Å². The number of rotatable bonds is 2. The highest BCUT2D eigenvalue weighted by Crippen LogP contribution is 2.27. The summed E-state index contributed by atoms with van der Waals surface area (Å²) in [5.41, 5.74) is 1.34. The number of hydrogen-bond donors (Lipinski definition) is 0. The molecule has 1 fully saturated rings. The topological polar surface area (TPSA) is 44.1 Å². The van der Waals surface area contributed by atoms with Crippen LogP contribution in [0, 0.1) is 0 Å². The number of halogens is 1. The lowest BCUT2D eigenvalue weighted by Gasteiger charge is -2.11. The summed E-state index contributed by atoms with van der Waals surface area (Å²) in [6.07, 6.45) is 3.72. The molecule has 0 spiro atoms. The Labute approximate surface area is 103 Å². The summed E-state index contributed by atoms with van der Waals surface area (Å²) in [6.45, 7) is 1.46. The summed E-state index contributed by atoms with van der Waals surface area (Å²) < 4.78 is 7.41. The van der Waals surface area contributed by atoms with E-state index in [1.54, 1.807) is 6.07 Å². The molecule has 1 aliphatic heterocycles. The molecule has 88 valence electrons. The summed E-state index contributed by atoms with van der Waals surface area (Å²) in [4.78, 5) is 15.3. The van der Waals surface area contributed by atoms with Crippen molar-refractivity contribution >= 4 is 28.9 Å². The van der Waals surface area contributed by atoms with Gasteiger partial charge in [0.2, 0.25) is 0 Å². The molecule has 0 aliphatic carbocycles. The zero-order valence-electron chi connectivity index (χ0n) is 9.10. The molecular weight excluding hydrogens is 240 g/mol. The van der Waals surface area contributed by atoms with Gasteiger partial charge in [0.05, 0.1) is 12.6 Å². The van der Waals surface area contributed by atoms with Crippen molar-refractivity contribution in [1.82, 2.24) is 9.55 Å². The standard InChI is InChI=1S/C12H11ClN2O2/c13-11-5-8(6-16)10-1-3-15(12(10)14-11)9-2-4-17-7-9/h1,3,5-6,9H,2,4,7H2. The van der Waals surface area contributed by atoms with Crippen LogP contribution < -0.4 is 0 Å². The van der Waals surface area contributed by atoms with E-state index in [2.05, 4.69) is 4.98 Å². The van der Waals surface area contributed by atoms with Gasteiger partial charge in [0, 0.05) is 23.8 Å². The summed E-state index contributed by atoms with van der Waals surface area (Å²) in [6, 6.07) is 3.78. The Morgan fingerprint density at radius 1 is 1.59 bits per heavy atom. The van der Waals surface area contributed by atoms with Gasteiger partial charge in [-0.2, -0.15) is 0 Å². The van der Waals surface area contributed by atoms with Crippen molar-refractivity contribution in [2.75, 3.05) is 13.2 Å². The Bertz CT molecular complexity index is 573. The number of hydrogen-bond acceptors (Lipinski definition) is 3. The highest BCUT2D eigenvalue weighted by molar-refractivity contribution is 6.30. The van der Waals surface area contributed by atoms with Crippen LogP contribution in [-0.4, -0.2) is 29.1 Å². The van der Waals surface area contributed by atoms with E-state index < -0.39 is 0 Å². The molecule has 2 aromatic heterocycles. The fourth-order valence-corrected chi connectivity index (χ4v) is 2.45. The zero-order chi connectivity index (χ0) is 11.8. The normalized spacial score (nSPS) is 19.9. The Morgan fingerprint density at radius 3 is 3.18 bits per heavy atom. The van der Waals surface area contributed by atoms with Crippen LogP contribution in [0.3, 0.4) is 0 Å². The van der Waals surface area contributed by atoms with Crippen LogP contribution in [-0.2, 0) is 4.74 Å². The minimum Gasteiger partial charge on any atom is -0.379 e. The van der Waals surface area contributed by atoms with Crippen molar-refractivity contribution in [2.24, 2.45) is 0 Å². The van der Waals surface area contributed by atoms with Crippen LogP contribution in [0.2, 0.25) is 5.15 Å². The average molecular weight is 251 g/mol. The molecule has 0 bridgehead atoms. The zero-order valence-corrected chi connectivity index (χ0v) is 9.85. The molecule has 0 amide bonds. The number of nitrogens with zero attached hydrogens (tertiary/aromatic N) is 2. The van der Waals surface area contributed by atoms with Gasteiger partial charge in [-0.3, -0.25) is 4.79 Å². The molecule has 5 heteroatoms. The van der Waals surface area contributed by atoms with Crippen molar-refractivity contribution < 1.29 is 9.53 Å². The maximum atomic E-state index is 11.0. The van der Waals surface area contributed by atoms with Crippen LogP contribution in [0.5, 0.6) is 0 Å². The van der Waals surface area contributed by atoms with Crippen molar-refractivity contribution in [2.45, 2.75) is 12.5 Å². The highest BCUT2D eigenvalue weighted by atomic mass is 35.5. The maximum absolute atomic E-state index is 11.0. The predicted octanol–water partition coefficient (Wildman–Crippen LogP) is 2.46. The number of pyridine rings is 1. The molecule has 17 heavy (non-hydrogen) atoms. The molecule has 4 nitrogen and oxygen atoms in total. The number of carbonyl (C=O) groups excluding carboxylic acids is 1. The first-order chi connectivity index (χ1) is 8.29. The van der Waals surface area contributed by atoms with E-state index in [9.17, 15) is 4.79 Å². The van der Waals surface area contributed by atoms with Crippen LogP contribution in [0.1, 0.15) is 22.8 Å². The Kier molecular flexibility index (Phi) is 2.61. The largest absolute Gasteiger partial charge is 0.379 e. The smallest absolute Gasteiger partial charge is 0.150 e. The molecule has 0 radical (unpaired) electrons. The third-order valence-corrected chi connectivity index (χ3v) is 3.31. The Hall–Kier alpha value is -1.39. The number of aldehydes is 1. The molecule has 1 saturated heterocycles. The summed E-state index contributed by atoms with van der Waals surface area (Å²) >= 11 is 5.92. The average Bonchev–Trinajstić information content (AvgIpc) is 2.94. The minimum absolute atomic E-state index is 0.290. The first-order valence-corrected chi connectivity index (χ1v) is 5.87. The van der Waals surface area contributed by atoms with E-state index in [4.69, 9.17) is 16.3 Å². The van der Waals surface area contributed by atoms with Crippen LogP contribution >= 0.6 is 11.6 Å². The third-order valence-electron chi connectivity index (χ3n) is 3.11. The number of aromatic nitrogens is 2. The lowest BCUT2D eigenvalue weighted by Crippen LogP contribution is -2.08. The van der Waals surface area contributed by atoms with Gasteiger partial charge in [-0.15, -0.1) is 0 Å². The summed E-state index contributed by atoms with van der Waals surface area (Å²) in [7, 11) is 0.